The molecule has 0 amide bonds. The Bertz CT molecular complexity index is 1090. The number of halogens is 1. The molecule has 5 rings (SSSR count). The second-order valence-corrected chi connectivity index (χ2v) is 8.13. The molecule has 0 aliphatic heterocycles. The topological polar surface area (TPSA) is 41.6 Å². The zero-order chi connectivity index (χ0) is 18.2. The molecule has 2 heterocycles. The number of hydrogen-bond acceptors (Lipinski definition) is 2. The summed E-state index contributed by atoms with van der Waals surface area (Å²) in [6, 6.07) is 18.7. The van der Waals surface area contributed by atoms with Gasteiger partial charge in [-0.25, -0.2) is 4.98 Å². The molecule has 27 heavy (non-hydrogen) atoms. The van der Waals surface area contributed by atoms with Gasteiger partial charge in [0.25, 0.3) is 0 Å². The largest absolute Gasteiger partial charge is 0.342 e. The van der Waals surface area contributed by atoms with Gasteiger partial charge in [-0.05, 0) is 61.9 Å². The van der Waals surface area contributed by atoms with E-state index >= 15 is 0 Å². The summed E-state index contributed by atoms with van der Waals surface area (Å²) in [5.74, 6) is 2.36. The molecule has 0 atom stereocenters. The van der Waals surface area contributed by atoms with E-state index in [1.807, 2.05) is 18.2 Å². The van der Waals surface area contributed by atoms with Crippen molar-refractivity contribution < 1.29 is 0 Å². The van der Waals surface area contributed by atoms with Gasteiger partial charge in [-0.3, -0.25) is 4.98 Å². The Hall–Kier alpha value is -2.39. The average molecular weight is 376 g/mol. The van der Waals surface area contributed by atoms with E-state index in [9.17, 15) is 0 Å². The monoisotopic (exact) mass is 375 g/mol. The summed E-state index contributed by atoms with van der Waals surface area (Å²) in [4.78, 5) is 13.1. The van der Waals surface area contributed by atoms with E-state index in [0.717, 1.165) is 33.8 Å². The zero-order valence-corrected chi connectivity index (χ0v) is 15.9. The molecular weight excluding hydrogens is 354 g/mol. The first-order valence-corrected chi connectivity index (χ1v) is 10.1. The molecule has 4 aromatic rings. The Morgan fingerprint density at radius 3 is 2.63 bits per heavy atom. The van der Waals surface area contributed by atoms with E-state index < -0.39 is 0 Å². The number of pyridine rings is 1. The Morgan fingerprint density at radius 2 is 1.74 bits per heavy atom. The minimum atomic E-state index is 0.584. The molecule has 0 unspecified atom stereocenters. The molecule has 3 nitrogen and oxygen atoms in total. The maximum atomic E-state index is 6.07. The molecule has 1 aliphatic carbocycles. The van der Waals surface area contributed by atoms with Crippen molar-refractivity contribution in [1.82, 2.24) is 15.0 Å². The number of aromatic amines is 1. The van der Waals surface area contributed by atoms with Crippen LogP contribution in [0.3, 0.4) is 0 Å². The summed E-state index contributed by atoms with van der Waals surface area (Å²) in [6.07, 6.45) is 5.91. The van der Waals surface area contributed by atoms with Gasteiger partial charge < -0.3 is 4.98 Å². The van der Waals surface area contributed by atoms with E-state index in [1.165, 1.54) is 36.8 Å². The Labute approximate surface area is 163 Å². The number of H-pyrrole nitrogens is 1. The first-order chi connectivity index (χ1) is 13.2. The highest BCUT2D eigenvalue weighted by atomic mass is 35.5. The van der Waals surface area contributed by atoms with E-state index in [0.29, 0.717) is 11.8 Å². The van der Waals surface area contributed by atoms with Gasteiger partial charge in [0.05, 0.1) is 16.6 Å². The van der Waals surface area contributed by atoms with E-state index in [-0.39, 0.29) is 0 Å². The van der Waals surface area contributed by atoms with Crippen molar-refractivity contribution in [3.05, 3.63) is 71.1 Å². The van der Waals surface area contributed by atoms with Crippen molar-refractivity contribution in [2.45, 2.75) is 38.0 Å². The van der Waals surface area contributed by atoms with Crippen LogP contribution < -0.4 is 0 Å². The normalized spacial score (nSPS) is 20.3. The number of aromatic nitrogens is 3. The summed E-state index contributed by atoms with van der Waals surface area (Å²) in [6.45, 7) is 0. The van der Waals surface area contributed by atoms with Crippen LogP contribution in [-0.2, 0) is 6.42 Å². The molecule has 2 aromatic carbocycles. The quantitative estimate of drug-likeness (QED) is 0.457. The Morgan fingerprint density at radius 1 is 0.889 bits per heavy atom. The predicted molar refractivity (Wildman–Crippen MR) is 111 cm³/mol. The predicted octanol–water partition coefficient (Wildman–Crippen LogP) is 6.28. The van der Waals surface area contributed by atoms with Crippen LogP contribution in [0.5, 0.6) is 0 Å². The third kappa shape index (κ3) is 3.44. The number of nitrogens with one attached hydrogen (secondary N) is 1. The van der Waals surface area contributed by atoms with Crippen LogP contribution in [0.25, 0.3) is 21.9 Å². The van der Waals surface area contributed by atoms with E-state index in [2.05, 4.69) is 41.4 Å². The molecule has 1 aliphatic rings. The molecule has 0 spiro atoms. The summed E-state index contributed by atoms with van der Waals surface area (Å²) in [5.41, 5.74) is 4.40. The van der Waals surface area contributed by atoms with Crippen molar-refractivity contribution in [3.8, 4) is 0 Å². The number of para-hydroxylation sites is 1. The molecule has 4 heteroatoms. The number of benzene rings is 2. The maximum absolute atomic E-state index is 6.07. The van der Waals surface area contributed by atoms with Crippen LogP contribution >= 0.6 is 11.6 Å². The lowest BCUT2D eigenvalue weighted by molar-refractivity contribution is 0.318. The van der Waals surface area contributed by atoms with Gasteiger partial charge in [0.2, 0.25) is 0 Å². The van der Waals surface area contributed by atoms with E-state index in [4.69, 9.17) is 21.6 Å². The highest BCUT2D eigenvalue weighted by Crippen LogP contribution is 2.36. The summed E-state index contributed by atoms with van der Waals surface area (Å²) in [7, 11) is 0. The number of nitrogens with zero attached hydrogens (tertiary/aromatic N) is 2. The van der Waals surface area contributed by atoms with Gasteiger partial charge in [-0.1, -0.05) is 35.9 Å². The lowest BCUT2D eigenvalue weighted by Crippen LogP contribution is -2.16. The van der Waals surface area contributed by atoms with Crippen molar-refractivity contribution in [1.29, 1.82) is 0 Å². The minimum absolute atomic E-state index is 0.584. The first-order valence-electron chi connectivity index (χ1n) is 9.74. The molecular formula is C23H22ClN3. The molecule has 2 aromatic heterocycles. The zero-order valence-electron chi connectivity index (χ0n) is 15.2. The van der Waals surface area contributed by atoms with Gasteiger partial charge in [0.1, 0.15) is 5.82 Å². The summed E-state index contributed by atoms with van der Waals surface area (Å²) < 4.78 is 0. The lowest BCUT2D eigenvalue weighted by Gasteiger charge is -2.27. The van der Waals surface area contributed by atoms with Crippen LogP contribution in [0.15, 0.2) is 54.6 Å². The molecule has 136 valence electrons. The van der Waals surface area contributed by atoms with Crippen LogP contribution in [0, 0.1) is 5.92 Å². The van der Waals surface area contributed by atoms with Gasteiger partial charge in [0, 0.05) is 28.4 Å². The van der Waals surface area contributed by atoms with E-state index in [1.54, 1.807) is 0 Å². The van der Waals surface area contributed by atoms with Crippen LogP contribution in [0.2, 0.25) is 5.02 Å². The average Bonchev–Trinajstić information content (AvgIpc) is 3.09. The third-order valence-electron chi connectivity index (χ3n) is 5.86. The highest BCUT2D eigenvalue weighted by molar-refractivity contribution is 6.31. The molecule has 0 bridgehead atoms. The second-order valence-electron chi connectivity index (χ2n) is 7.70. The smallest absolute Gasteiger partial charge is 0.107 e. The molecule has 1 saturated carbocycles. The fourth-order valence-electron chi connectivity index (χ4n) is 4.37. The van der Waals surface area contributed by atoms with Crippen LogP contribution in [0.4, 0.5) is 0 Å². The van der Waals surface area contributed by atoms with Crippen molar-refractivity contribution in [2.75, 3.05) is 0 Å². The number of imidazole rings is 1. The van der Waals surface area contributed by atoms with Crippen molar-refractivity contribution >= 4 is 33.5 Å². The number of rotatable bonds is 3. The minimum Gasteiger partial charge on any atom is -0.342 e. The summed E-state index contributed by atoms with van der Waals surface area (Å²) in [5, 5.41) is 1.96. The van der Waals surface area contributed by atoms with Gasteiger partial charge in [0.15, 0.2) is 0 Å². The molecule has 0 radical (unpaired) electrons. The highest BCUT2D eigenvalue weighted by Gasteiger charge is 2.24. The fraction of sp³-hybridized carbons (Fsp3) is 0.304. The SMILES string of the molecule is Clc1ccc2[nH]c(CC3CCC(c4ccc5ccccc5n4)CC3)nc2c1. The van der Waals surface area contributed by atoms with Crippen LogP contribution in [0.1, 0.15) is 43.1 Å². The Kier molecular flexibility index (Phi) is 4.33. The standard InChI is InChI=1S/C23H22ClN3/c24-18-10-12-21-22(14-18)27-23(26-21)13-15-5-7-17(8-6-15)20-11-9-16-3-1-2-4-19(16)25-20/h1-4,9-12,14-15,17H,5-8,13H2,(H,26,27). The lowest BCUT2D eigenvalue weighted by atomic mass is 9.79. The van der Waals surface area contributed by atoms with Gasteiger partial charge in [-0.2, -0.15) is 0 Å². The molecule has 1 N–H and O–H groups in total. The molecule has 1 fully saturated rings. The van der Waals surface area contributed by atoms with Crippen molar-refractivity contribution in [2.24, 2.45) is 5.92 Å². The fourth-order valence-corrected chi connectivity index (χ4v) is 4.54. The summed E-state index contributed by atoms with van der Waals surface area (Å²) >= 11 is 6.07. The van der Waals surface area contributed by atoms with Crippen LogP contribution in [-0.4, -0.2) is 15.0 Å². The number of fused-ring (bicyclic) bond motifs is 2. The van der Waals surface area contributed by atoms with Gasteiger partial charge in [-0.15, -0.1) is 0 Å². The second kappa shape index (κ2) is 6.97. The number of hydrogen-bond donors (Lipinski definition) is 1. The Balaban J connectivity index is 1.26. The third-order valence-corrected chi connectivity index (χ3v) is 6.10. The molecule has 0 saturated heterocycles. The maximum Gasteiger partial charge on any atom is 0.107 e. The van der Waals surface area contributed by atoms with Crippen molar-refractivity contribution in [3.63, 3.8) is 0 Å². The van der Waals surface area contributed by atoms with Gasteiger partial charge >= 0.3 is 0 Å². The first kappa shape index (κ1) is 16.8.